The summed E-state index contributed by atoms with van der Waals surface area (Å²) >= 11 is 0. The van der Waals surface area contributed by atoms with E-state index in [1.807, 2.05) is 0 Å². The summed E-state index contributed by atoms with van der Waals surface area (Å²) in [5.41, 5.74) is 0.201. The van der Waals surface area contributed by atoms with Crippen molar-refractivity contribution in [2.75, 3.05) is 6.54 Å². The van der Waals surface area contributed by atoms with Gasteiger partial charge in [0.15, 0.2) is 5.69 Å². The molecule has 0 aliphatic carbocycles. The van der Waals surface area contributed by atoms with Gasteiger partial charge >= 0.3 is 5.97 Å². The normalized spacial score (nSPS) is 13.7. The number of halogens is 2. The van der Waals surface area contributed by atoms with Crippen LogP contribution in [-0.2, 0) is 24.3 Å². The molecule has 1 aromatic heterocycles. The largest absolute Gasteiger partial charge is 0.476 e. The molecule has 120 valence electrons. The summed E-state index contributed by atoms with van der Waals surface area (Å²) in [6, 6.07) is 2.12. The van der Waals surface area contributed by atoms with Gasteiger partial charge in [0.05, 0.1) is 6.20 Å². The average molecular weight is 322 g/mol. The minimum Gasteiger partial charge on any atom is -0.476 e. The van der Waals surface area contributed by atoms with E-state index >= 15 is 0 Å². The van der Waals surface area contributed by atoms with Gasteiger partial charge in [-0.25, -0.2) is 18.3 Å². The highest BCUT2D eigenvalue weighted by Gasteiger charge is 2.25. The second kappa shape index (κ2) is 5.75. The van der Waals surface area contributed by atoms with Crippen molar-refractivity contribution in [2.45, 2.75) is 19.5 Å². The summed E-state index contributed by atoms with van der Waals surface area (Å²) in [4.78, 5) is 24.3. The predicted octanol–water partition coefficient (Wildman–Crippen LogP) is 0.839. The molecule has 0 radical (unpaired) electrons. The van der Waals surface area contributed by atoms with Crippen LogP contribution >= 0.6 is 0 Å². The van der Waals surface area contributed by atoms with Gasteiger partial charge in [-0.2, -0.15) is 0 Å². The van der Waals surface area contributed by atoms with Gasteiger partial charge in [-0.1, -0.05) is 5.21 Å². The Balaban J connectivity index is 1.74. The number of carboxylic acids is 1. The monoisotopic (exact) mass is 322 g/mol. The van der Waals surface area contributed by atoms with Crippen LogP contribution < -0.4 is 0 Å². The van der Waals surface area contributed by atoms with Crippen LogP contribution in [0.4, 0.5) is 8.78 Å². The first-order chi connectivity index (χ1) is 11.0. The number of carbonyl (C=O) groups is 2. The molecule has 0 fully saturated rings. The lowest BCUT2D eigenvalue weighted by atomic mass is 9.98. The van der Waals surface area contributed by atoms with Crippen molar-refractivity contribution >= 4 is 11.9 Å². The molecule has 7 nitrogen and oxygen atoms in total. The van der Waals surface area contributed by atoms with Crippen LogP contribution in [0, 0.1) is 11.6 Å². The van der Waals surface area contributed by atoms with E-state index in [9.17, 15) is 18.4 Å². The Morgan fingerprint density at radius 3 is 2.57 bits per heavy atom. The Labute approximate surface area is 129 Å². The summed E-state index contributed by atoms with van der Waals surface area (Å²) in [7, 11) is 0. The van der Waals surface area contributed by atoms with Crippen LogP contribution in [0.15, 0.2) is 18.3 Å². The Kier molecular flexibility index (Phi) is 3.77. The number of aromatic carboxylic acids is 1. The van der Waals surface area contributed by atoms with Crippen molar-refractivity contribution in [3.63, 3.8) is 0 Å². The fourth-order valence-electron chi connectivity index (χ4n) is 2.52. The molecule has 0 bridgehead atoms. The molecule has 1 aromatic carbocycles. The van der Waals surface area contributed by atoms with E-state index in [1.54, 1.807) is 0 Å². The highest BCUT2D eigenvalue weighted by molar-refractivity contribution is 5.84. The molecule has 1 aliphatic heterocycles. The van der Waals surface area contributed by atoms with E-state index in [-0.39, 0.29) is 43.2 Å². The number of hydrogen-bond donors (Lipinski definition) is 1. The molecule has 1 aliphatic rings. The van der Waals surface area contributed by atoms with E-state index in [4.69, 9.17) is 5.11 Å². The van der Waals surface area contributed by atoms with E-state index in [0.717, 1.165) is 23.0 Å². The van der Waals surface area contributed by atoms with Crippen LogP contribution in [0.5, 0.6) is 0 Å². The fraction of sp³-hybridized carbons (Fsp3) is 0.286. The molecule has 2 aromatic rings. The molecular formula is C14H12F2N4O3. The first-order valence-corrected chi connectivity index (χ1v) is 6.82. The second-order valence-electron chi connectivity index (χ2n) is 5.16. The summed E-state index contributed by atoms with van der Waals surface area (Å²) in [6.07, 6.45) is 1.36. The third-order valence-electron chi connectivity index (χ3n) is 3.71. The molecule has 0 atom stereocenters. The maximum absolute atomic E-state index is 13.8. The maximum atomic E-state index is 13.8. The van der Waals surface area contributed by atoms with Crippen LogP contribution in [0.25, 0.3) is 0 Å². The number of carboxylic acid groups (broad SMARTS) is 1. The zero-order valence-corrected chi connectivity index (χ0v) is 11.9. The highest BCUT2D eigenvalue weighted by Crippen LogP contribution is 2.24. The lowest BCUT2D eigenvalue weighted by Crippen LogP contribution is -2.38. The molecule has 1 amide bonds. The van der Waals surface area contributed by atoms with Gasteiger partial charge in [0.25, 0.3) is 0 Å². The van der Waals surface area contributed by atoms with Crippen LogP contribution in [0.3, 0.4) is 0 Å². The Bertz CT molecular complexity index is 790. The number of aromatic nitrogens is 3. The predicted molar refractivity (Wildman–Crippen MR) is 72.5 cm³/mol. The fourth-order valence-corrected chi connectivity index (χ4v) is 2.52. The van der Waals surface area contributed by atoms with Crippen LogP contribution in [0.2, 0.25) is 0 Å². The van der Waals surface area contributed by atoms with Gasteiger partial charge in [-0.05, 0) is 24.1 Å². The molecule has 2 heterocycles. The Hall–Kier alpha value is -2.84. The molecule has 0 unspecified atom stereocenters. The van der Waals surface area contributed by atoms with Gasteiger partial charge in [0.1, 0.15) is 18.2 Å². The standard InChI is InChI=1S/C14H12F2N4O3/c15-10-1-2-11(16)9-5-19(4-3-8(9)10)13(21)7-20-6-12(14(22)23)17-18-20/h1-2,6H,3-5,7H2,(H,22,23). The summed E-state index contributed by atoms with van der Waals surface area (Å²) in [5.74, 6) is -2.64. The summed E-state index contributed by atoms with van der Waals surface area (Å²) < 4.78 is 28.6. The molecule has 0 spiro atoms. The number of fused-ring (bicyclic) bond motifs is 1. The lowest BCUT2D eigenvalue weighted by molar-refractivity contribution is -0.133. The first-order valence-electron chi connectivity index (χ1n) is 6.82. The molecule has 3 rings (SSSR count). The highest BCUT2D eigenvalue weighted by atomic mass is 19.1. The van der Waals surface area contributed by atoms with E-state index in [0.29, 0.717) is 5.56 Å². The number of benzene rings is 1. The molecular weight excluding hydrogens is 310 g/mol. The SMILES string of the molecule is O=C(O)c1cn(CC(=O)N2CCc3c(F)ccc(F)c3C2)nn1. The quantitative estimate of drug-likeness (QED) is 0.904. The number of rotatable bonds is 3. The number of nitrogens with zero attached hydrogens (tertiary/aromatic N) is 4. The zero-order valence-electron chi connectivity index (χ0n) is 11.9. The number of hydrogen-bond acceptors (Lipinski definition) is 4. The molecule has 23 heavy (non-hydrogen) atoms. The van der Waals surface area contributed by atoms with Crippen molar-refractivity contribution < 1.29 is 23.5 Å². The van der Waals surface area contributed by atoms with E-state index in [2.05, 4.69) is 10.3 Å². The Morgan fingerprint density at radius 1 is 1.22 bits per heavy atom. The van der Waals surface area contributed by atoms with Crippen LogP contribution in [0.1, 0.15) is 21.6 Å². The summed E-state index contributed by atoms with van der Waals surface area (Å²) in [6.45, 7) is 0.0114. The van der Waals surface area contributed by atoms with Crippen molar-refractivity contribution in [3.8, 4) is 0 Å². The maximum Gasteiger partial charge on any atom is 0.358 e. The van der Waals surface area contributed by atoms with Gasteiger partial charge in [-0.15, -0.1) is 5.10 Å². The number of amides is 1. The third-order valence-corrected chi connectivity index (χ3v) is 3.71. The van der Waals surface area contributed by atoms with Gasteiger partial charge in [-0.3, -0.25) is 4.79 Å². The Morgan fingerprint density at radius 2 is 1.91 bits per heavy atom. The van der Waals surface area contributed by atoms with Gasteiger partial charge in [0, 0.05) is 18.7 Å². The van der Waals surface area contributed by atoms with E-state index in [1.165, 1.54) is 4.90 Å². The average Bonchev–Trinajstić information content (AvgIpc) is 2.99. The van der Waals surface area contributed by atoms with Crippen LogP contribution in [-0.4, -0.2) is 43.4 Å². The van der Waals surface area contributed by atoms with Gasteiger partial charge in [0.2, 0.25) is 5.91 Å². The smallest absolute Gasteiger partial charge is 0.358 e. The first kappa shape index (κ1) is 15.1. The van der Waals surface area contributed by atoms with Crippen molar-refractivity contribution in [1.82, 2.24) is 19.9 Å². The molecule has 0 saturated carbocycles. The zero-order chi connectivity index (χ0) is 16.6. The van der Waals surface area contributed by atoms with Crippen molar-refractivity contribution in [3.05, 3.63) is 46.8 Å². The molecule has 9 heteroatoms. The molecule has 0 saturated heterocycles. The third kappa shape index (κ3) is 2.89. The topological polar surface area (TPSA) is 88.3 Å². The minimum atomic E-state index is -1.24. The number of carbonyl (C=O) groups excluding carboxylic acids is 1. The van der Waals surface area contributed by atoms with Crippen molar-refractivity contribution in [1.29, 1.82) is 0 Å². The summed E-state index contributed by atoms with van der Waals surface area (Å²) in [5, 5.41) is 15.7. The molecule has 1 N–H and O–H groups in total. The minimum absolute atomic E-state index is 0.0295. The lowest BCUT2D eigenvalue weighted by Gasteiger charge is -2.29. The van der Waals surface area contributed by atoms with Crippen molar-refractivity contribution in [2.24, 2.45) is 0 Å². The van der Waals surface area contributed by atoms with Gasteiger partial charge < -0.3 is 10.0 Å². The second-order valence-corrected chi connectivity index (χ2v) is 5.16. The van der Waals surface area contributed by atoms with E-state index < -0.39 is 17.6 Å².